The number of carbonyl (C=O) groups excluding carboxylic acids is 1. The third kappa shape index (κ3) is 6.80. The highest BCUT2D eigenvalue weighted by Gasteiger charge is 2.29. The van der Waals surface area contributed by atoms with Crippen LogP contribution in [0.5, 0.6) is 0 Å². The van der Waals surface area contributed by atoms with E-state index in [9.17, 15) is 4.79 Å². The molecular formula is C15H28O3. The van der Waals surface area contributed by atoms with E-state index in [1.807, 2.05) is 60.6 Å². The monoisotopic (exact) mass is 256 g/mol. The molecule has 0 fully saturated rings. The summed E-state index contributed by atoms with van der Waals surface area (Å²) in [5.41, 5.74) is -0.366. The van der Waals surface area contributed by atoms with E-state index in [1.54, 1.807) is 0 Å². The van der Waals surface area contributed by atoms with Gasteiger partial charge < -0.3 is 9.47 Å². The van der Waals surface area contributed by atoms with Crippen LogP contribution in [0.4, 0.5) is 0 Å². The molecule has 0 aliphatic carbocycles. The van der Waals surface area contributed by atoms with E-state index < -0.39 is 0 Å². The van der Waals surface area contributed by atoms with Crippen molar-refractivity contribution in [3.8, 4) is 0 Å². The van der Waals surface area contributed by atoms with Gasteiger partial charge in [-0.05, 0) is 33.1 Å². The van der Waals surface area contributed by atoms with E-state index in [0.29, 0.717) is 13.2 Å². The summed E-state index contributed by atoms with van der Waals surface area (Å²) in [6.07, 6.45) is 4.00. The van der Waals surface area contributed by atoms with Gasteiger partial charge in [0, 0.05) is 0 Å². The predicted molar refractivity (Wildman–Crippen MR) is 74.4 cm³/mol. The second-order valence-corrected chi connectivity index (χ2v) is 6.12. The van der Waals surface area contributed by atoms with E-state index >= 15 is 0 Å². The number of carbonyl (C=O) groups is 1. The lowest BCUT2D eigenvalue weighted by Crippen LogP contribution is -2.28. The van der Waals surface area contributed by atoms with Crippen molar-refractivity contribution in [2.24, 2.45) is 11.3 Å². The first-order valence-corrected chi connectivity index (χ1v) is 6.58. The molecule has 0 bridgehead atoms. The minimum Gasteiger partial charge on any atom is -0.466 e. The summed E-state index contributed by atoms with van der Waals surface area (Å²) in [6.45, 7) is 14.8. The molecule has 0 N–H and O–H groups in total. The average molecular weight is 256 g/mol. The van der Waals surface area contributed by atoms with Crippen LogP contribution in [0.15, 0.2) is 12.2 Å². The van der Waals surface area contributed by atoms with E-state index in [0.717, 1.165) is 0 Å². The number of esters is 1. The van der Waals surface area contributed by atoms with Crippen molar-refractivity contribution in [3.63, 3.8) is 0 Å². The van der Waals surface area contributed by atoms with Crippen molar-refractivity contribution < 1.29 is 14.3 Å². The van der Waals surface area contributed by atoms with Crippen LogP contribution in [0.3, 0.4) is 0 Å². The van der Waals surface area contributed by atoms with Gasteiger partial charge in [0.05, 0.1) is 24.7 Å². The average Bonchev–Trinajstić information content (AvgIpc) is 2.22. The Morgan fingerprint density at radius 1 is 1.22 bits per heavy atom. The molecule has 0 spiro atoms. The number of ether oxygens (including phenoxy) is 2. The van der Waals surface area contributed by atoms with Crippen LogP contribution in [0.1, 0.15) is 48.5 Å². The second kappa shape index (κ2) is 6.93. The normalized spacial score (nSPS) is 14.8. The molecule has 0 aromatic heterocycles. The molecule has 0 heterocycles. The Kier molecular flexibility index (Phi) is 6.61. The first-order valence-electron chi connectivity index (χ1n) is 6.58. The zero-order valence-electron chi connectivity index (χ0n) is 12.9. The molecule has 3 heteroatoms. The largest absolute Gasteiger partial charge is 0.466 e. The molecule has 0 aliphatic rings. The van der Waals surface area contributed by atoms with Crippen molar-refractivity contribution in [1.29, 1.82) is 0 Å². The Morgan fingerprint density at radius 2 is 1.78 bits per heavy atom. The van der Waals surface area contributed by atoms with E-state index in [2.05, 4.69) is 0 Å². The first-order chi connectivity index (χ1) is 8.10. The molecule has 0 aromatic rings. The smallest absolute Gasteiger partial charge is 0.309 e. The van der Waals surface area contributed by atoms with Crippen molar-refractivity contribution in [3.05, 3.63) is 12.2 Å². The minimum absolute atomic E-state index is 0.138. The third-order valence-electron chi connectivity index (χ3n) is 2.92. The Bertz CT molecular complexity index is 285. The lowest BCUT2D eigenvalue weighted by atomic mass is 9.80. The van der Waals surface area contributed by atoms with Gasteiger partial charge in [0.15, 0.2) is 0 Å². The first kappa shape index (κ1) is 17.2. The van der Waals surface area contributed by atoms with E-state index in [-0.39, 0.29) is 22.9 Å². The van der Waals surface area contributed by atoms with E-state index in [4.69, 9.17) is 9.47 Å². The van der Waals surface area contributed by atoms with Gasteiger partial charge in [-0.1, -0.05) is 32.9 Å². The maximum absolute atomic E-state index is 11.7. The van der Waals surface area contributed by atoms with Gasteiger partial charge in [-0.2, -0.15) is 0 Å². The highest BCUT2D eigenvalue weighted by atomic mass is 16.5. The van der Waals surface area contributed by atoms with Crippen LogP contribution >= 0.6 is 0 Å². The molecule has 0 radical (unpaired) electrons. The summed E-state index contributed by atoms with van der Waals surface area (Å²) in [5.74, 6) is -0.313. The molecule has 3 nitrogen and oxygen atoms in total. The standard InChI is InChI=1S/C15H28O3/c1-8-17-13(16)12(2)15(6,7)10-9-11-18-14(3,4)5/h9-10,12H,8,11H2,1-7H3. The van der Waals surface area contributed by atoms with Crippen LogP contribution in [-0.4, -0.2) is 24.8 Å². The molecule has 0 rings (SSSR count). The second-order valence-electron chi connectivity index (χ2n) is 6.12. The van der Waals surface area contributed by atoms with Gasteiger partial charge in [-0.3, -0.25) is 4.79 Å². The van der Waals surface area contributed by atoms with Gasteiger partial charge >= 0.3 is 5.97 Å². The van der Waals surface area contributed by atoms with Crippen molar-refractivity contribution >= 4 is 5.97 Å². The van der Waals surface area contributed by atoms with Gasteiger partial charge in [0.2, 0.25) is 0 Å². The number of allylic oxidation sites excluding steroid dienone is 1. The van der Waals surface area contributed by atoms with Crippen LogP contribution in [0.2, 0.25) is 0 Å². The fourth-order valence-corrected chi connectivity index (χ4v) is 1.37. The molecule has 18 heavy (non-hydrogen) atoms. The fourth-order valence-electron chi connectivity index (χ4n) is 1.37. The van der Waals surface area contributed by atoms with Crippen LogP contribution < -0.4 is 0 Å². The minimum atomic E-state index is -0.229. The van der Waals surface area contributed by atoms with Crippen molar-refractivity contribution in [2.45, 2.75) is 54.1 Å². The predicted octanol–water partition coefficient (Wildman–Crippen LogP) is 3.58. The maximum Gasteiger partial charge on any atom is 0.309 e. The molecule has 0 aromatic carbocycles. The summed E-state index contributed by atoms with van der Waals surface area (Å²) in [5, 5.41) is 0. The quantitative estimate of drug-likeness (QED) is 0.538. The Labute approximate surface area is 112 Å². The molecule has 0 saturated carbocycles. The molecule has 1 atom stereocenters. The highest BCUT2D eigenvalue weighted by Crippen LogP contribution is 2.29. The zero-order valence-corrected chi connectivity index (χ0v) is 12.9. The van der Waals surface area contributed by atoms with Crippen LogP contribution in [0.25, 0.3) is 0 Å². The highest BCUT2D eigenvalue weighted by molar-refractivity contribution is 5.73. The molecular weight excluding hydrogens is 228 g/mol. The van der Waals surface area contributed by atoms with Crippen molar-refractivity contribution in [1.82, 2.24) is 0 Å². The molecule has 0 amide bonds. The van der Waals surface area contributed by atoms with Gasteiger partial charge in [0.25, 0.3) is 0 Å². The van der Waals surface area contributed by atoms with Crippen LogP contribution in [0, 0.1) is 11.3 Å². The fraction of sp³-hybridized carbons (Fsp3) is 0.800. The Balaban J connectivity index is 4.37. The lowest BCUT2D eigenvalue weighted by molar-refractivity contribution is -0.150. The van der Waals surface area contributed by atoms with Crippen molar-refractivity contribution in [2.75, 3.05) is 13.2 Å². The van der Waals surface area contributed by atoms with Gasteiger partial charge in [-0.25, -0.2) is 0 Å². The maximum atomic E-state index is 11.7. The topological polar surface area (TPSA) is 35.5 Å². The number of hydrogen-bond acceptors (Lipinski definition) is 3. The lowest BCUT2D eigenvalue weighted by Gasteiger charge is -2.27. The summed E-state index contributed by atoms with van der Waals surface area (Å²) in [4.78, 5) is 11.7. The Hall–Kier alpha value is -0.830. The summed E-state index contributed by atoms with van der Waals surface area (Å²) in [7, 11) is 0. The molecule has 0 aliphatic heterocycles. The van der Waals surface area contributed by atoms with E-state index in [1.165, 1.54) is 0 Å². The third-order valence-corrected chi connectivity index (χ3v) is 2.92. The Morgan fingerprint density at radius 3 is 2.22 bits per heavy atom. The van der Waals surface area contributed by atoms with Crippen LogP contribution in [-0.2, 0) is 14.3 Å². The molecule has 0 saturated heterocycles. The summed E-state index contributed by atoms with van der Waals surface area (Å²) < 4.78 is 10.7. The van der Waals surface area contributed by atoms with Gasteiger partial charge in [-0.15, -0.1) is 0 Å². The summed E-state index contributed by atoms with van der Waals surface area (Å²) in [6, 6.07) is 0. The summed E-state index contributed by atoms with van der Waals surface area (Å²) >= 11 is 0. The zero-order chi connectivity index (χ0) is 14.4. The molecule has 1 unspecified atom stereocenters. The SMILES string of the molecule is CCOC(=O)C(C)C(C)(C)C=CCOC(C)(C)C. The number of hydrogen-bond donors (Lipinski definition) is 0. The number of rotatable bonds is 6. The van der Waals surface area contributed by atoms with Gasteiger partial charge in [0.1, 0.15) is 0 Å². The molecule has 106 valence electrons.